The molecule has 0 unspecified atom stereocenters. The Morgan fingerprint density at radius 1 is 1.32 bits per heavy atom. The highest BCUT2D eigenvalue weighted by Crippen LogP contribution is 2.19. The van der Waals surface area contributed by atoms with Crippen LogP contribution < -0.4 is 10.2 Å². The molecule has 0 aromatic carbocycles. The van der Waals surface area contributed by atoms with Crippen LogP contribution in [0, 0.1) is 5.92 Å². The number of nitrogens with zero attached hydrogens (tertiary/aromatic N) is 5. The van der Waals surface area contributed by atoms with E-state index in [1.165, 1.54) is 11.5 Å². The highest BCUT2D eigenvalue weighted by Gasteiger charge is 2.21. The van der Waals surface area contributed by atoms with Gasteiger partial charge in [0.2, 0.25) is 5.13 Å². The molecule has 1 aromatic heterocycles. The first-order valence-electron chi connectivity index (χ1n) is 7.67. The molecule has 0 atom stereocenters. The van der Waals surface area contributed by atoms with Crippen molar-refractivity contribution in [2.24, 2.45) is 10.9 Å². The zero-order valence-corrected chi connectivity index (χ0v) is 17.0. The minimum absolute atomic E-state index is 0. The van der Waals surface area contributed by atoms with E-state index in [9.17, 15) is 0 Å². The molecule has 6 nitrogen and oxygen atoms in total. The maximum atomic E-state index is 4.57. The molecule has 0 saturated carbocycles. The Hall–Kier alpha value is -0.640. The fourth-order valence-electron chi connectivity index (χ4n) is 2.25. The fourth-order valence-corrected chi connectivity index (χ4v) is 3.06. The van der Waals surface area contributed by atoms with Crippen molar-refractivity contribution in [3.8, 4) is 0 Å². The highest BCUT2D eigenvalue weighted by molar-refractivity contribution is 14.0. The van der Waals surface area contributed by atoms with Crippen LogP contribution in [0.4, 0.5) is 5.13 Å². The lowest BCUT2D eigenvalue weighted by molar-refractivity contribution is 0.370. The smallest absolute Gasteiger partial charge is 0.205 e. The van der Waals surface area contributed by atoms with Crippen molar-refractivity contribution in [1.29, 1.82) is 0 Å². The van der Waals surface area contributed by atoms with Gasteiger partial charge in [0.1, 0.15) is 5.82 Å². The van der Waals surface area contributed by atoms with Gasteiger partial charge in [-0.3, -0.25) is 4.99 Å². The zero-order chi connectivity index (χ0) is 15.2. The van der Waals surface area contributed by atoms with E-state index < -0.39 is 0 Å². The van der Waals surface area contributed by atoms with Gasteiger partial charge >= 0.3 is 0 Å². The van der Waals surface area contributed by atoms with Gasteiger partial charge in [-0.2, -0.15) is 4.37 Å². The van der Waals surface area contributed by atoms with E-state index in [2.05, 4.69) is 50.2 Å². The molecular weight excluding hydrogens is 411 g/mol. The minimum Gasteiger partial charge on any atom is -0.356 e. The van der Waals surface area contributed by atoms with Crippen molar-refractivity contribution >= 4 is 46.6 Å². The molecule has 2 heterocycles. The van der Waals surface area contributed by atoms with E-state index in [0.717, 1.165) is 56.1 Å². The number of hydrogen-bond donors (Lipinski definition) is 1. The van der Waals surface area contributed by atoms with Gasteiger partial charge in [-0.15, -0.1) is 24.0 Å². The topological polar surface area (TPSA) is 56.7 Å². The summed E-state index contributed by atoms with van der Waals surface area (Å²) in [7, 11) is 1.85. The number of rotatable bonds is 4. The predicted octanol–water partition coefficient (Wildman–Crippen LogP) is 2.07. The van der Waals surface area contributed by atoms with Crippen LogP contribution in [0.25, 0.3) is 0 Å². The molecule has 2 rings (SSSR count). The monoisotopic (exact) mass is 438 g/mol. The van der Waals surface area contributed by atoms with Crippen LogP contribution in [0.1, 0.15) is 26.6 Å². The summed E-state index contributed by atoms with van der Waals surface area (Å²) in [6.07, 6.45) is 0.905. The maximum absolute atomic E-state index is 4.57. The maximum Gasteiger partial charge on any atom is 0.205 e. The van der Waals surface area contributed by atoms with Crippen molar-refractivity contribution in [3.63, 3.8) is 0 Å². The Morgan fingerprint density at radius 2 is 2.00 bits per heavy atom. The Bertz CT molecular complexity index is 468. The molecule has 0 amide bonds. The summed E-state index contributed by atoms with van der Waals surface area (Å²) < 4.78 is 4.37. The number of aromatic nitrogens is 2. The summed E-state index contributed by atoms with van der Waals surface area (Å²) in [5, 5.41) is 4.49. The summed E-state index contributed by atoms with van der Waals surface area (Å²) in [5.41, 5.74) is 0. The van der Waals surface area contributed by atoms with Crippen molar-refractivity contribution in [1.82, 2.24) is 19.6 Å². The molecule has 1 aromatic rings. The van der Waals surface area contributed by atoms with Crippen LogP contribution >= 0.6 is 35.5 Å². The van der Waals surface area contributed by atoms with E-state index in [1.54, 1.807) is 0 Å². The van der Waals surface area contributed by atoms with E-state index in [-0.39, 0.29) is 24.0 Å². The molecule has 1 saturated heterocycles. The van der Waals surface area contributed by atoms with Gasteiger partial charge in [-0.25, -0.2) is 4.98 Å². The molecule has 22 heavy (non-hydrogen) atoms. The second-order valence-corrected chi connectivity index (χ2v) is 6.37. The second-order valence-electron chi connectivity index (χ2n) is 5.64. The third-order valence-corrected chi connectivity index (χ3v) is 4.32. The van der Waals surface area contributed by atoms with E-state index in [4.69, 9.17) is 0 Å². The first kappa shape index (κ1) is 19.4. The van der Waals surface area contributed by atoms with Crippen LogP contribution in [0.3, 0.4) is 0 Å². The lowest BCUT2D eigenvalue weighted by Crippen LogP contribution is -2.53. The molecule has 0 radical (unpaired) electrons. The average Bonchev–Trinajstić information content (AvgIpc) is 2.97. The van der Waals surface area contributed by atoms with Crippen LogP contribution in [-0.2, 0) is 6.42 Å². The first-order valence-corrected chi connectivity index (χ1v) is 8.44. The third kappa shape index (κ3) is 5.22. The number of aryl methyl sites for hydroxylation is 1. The fraction of sp³-hybridized carbons (Fsp3) is 0.786. The van der Waals surface area contributed by atoms with Gasteiger partial charge in [0, 0.05) is 57.7 Å². The van der Waals surface area contributed by atoms with Crippen LogP contribution in [0.5, 0.6) is 0 Å². The Morgan fingerprint density at radius 3 is 2.50 bits per heavy atom. The third-order valence-electron chi connectivity index (χ3n) is 3.50. The molecule has 0 aliphatic carbocycles. The highest BCUT2D eigenvalue weighted by atomic mass is 127. The van der Waals surface area contributed by atoms with Crippen LogP contribution in [0.2, 0.25) is 0 Å². The minimum atomic E-state index is 0. The lowest BCUT2D eigenvalue weighted by atomic mass is 10.2. The quantitative estimate of drug-likeness (QED) is 0.443. The number of piperazine rings is 1. The van der Waals surface area contributed by atoms with E-state index >= 15 is 0 Å². The average molecular weight is 438 g/mol. The standard InChI is InChI=1S/C14H26N6S.HI/c1-5-12-17-14(21-18-12)20-8-6-19(7-9-20)13(15-4)16-10-11(2)3;/h11H,5-10H2,1-4H3,(H,15,16);1H. The normalized spacial score (nSPS) is 16.0. The summed E-state index contributed by atoms with van der Waals surface area (Å²) in [5.74, 6) is 2.58. The predicted molar refractivity (Wildman–Crippen MR) is 105 cm³/mol. The summed E-state index contributed by atoms with van der Waals surface area (Å²) in [4.78, 5) is 13.6. The largest absolute Gasteiger partial charge is 0.356 e. The van der Waals surface area contributed by atoms with Gasteiger partial charge in [-0.05, 0) is 5.92 Å². The number of hydrogen-bond acceptors (Lipinski definition) is 5. The molecule has 0 bridgehead atoms. The molecule has 1 fully saturated rings. The number of anilines is 1. The molecule has 1 N–H and O–H groups in total. The molecule has 126 valence electrons. The lowest BCUT2D eigenvalue weighted by Gasteiger charge is -2.36. The van der Waals surface area contributed by atoms with Crippen molar-refractivity contribution in [2.45, 2.75) is 27.2 Å². The van der Waals surface area contributed by atoms with Crippen molar-refractivity contribution in [2.75, 3.05) is 44.7 Å². The van der Waals surface area contributed by atoms with Crippen molar-refractivity contribution < 1.29 is 0 Å². The molecule has 0 spiro atoms. The SMILES string of the molecule is CCc1nsc(N2CCN(C(=NC)NCC(C)C)CC2)n1.I. The summed E-state index contributed by atoms with van der Waals surface area (Å²) >= 11 is 1.51. The zero-order valence-electron chi connectivity index (χ0n) is 13.9. The van der Waals surface area contributed by atoms with E-state index in [0.29, 0.717) is 5.92 Å². The Kier molecular flexibility index (Phi) is 8.37. The summed E-state index contributed by atoms with van der Waals surface area (Å²) in [6.45, 7) is 11.4. The number of guanidine groups is 1. The van der Waals surface area contributed by atoms with Crippen LogP contribution in [-0.4, -0.2) is 60.0 Å². The Balaban J connectivity index is 0.00000242. The number of nitrogens with one attached hydrogen (secondary N) is 1. The van der Waals surface area contributed by atoms with Crippen molar-refractivity contribution in [3.05, 3.63) is 5.82 Å². The Labute approximate surface area is 154 Å². The van der Waals surface area contributed by atoms with Gasteiger partial charge in [-0.1, -0.05) is 20.8 Å². The van der Waals surface area contributed by atoms with Gasteiger partial charge < -0.3 is 15.1 Å². The molecule has 8 heteroatoms. The number of halogens is 1. The van der Waals surface area contributed by atoms with Gasteiger partial charge in [0.15, 0.2) is 5.96 Å². The van der Waals surface area contributed by atoms with E-state index in [1.807, 2.05) is 7.05 Å². The molecule has 1 aliphatic rings. The first-order chi connectivity index (χ1) is 10.1. The molecular formula is C14H27IN6S. The number of aliphatic imine (C=N–C) groups is 1. The van der Waals surface area contributed by atoms with Gasteiger partial charge in [0.05, 0.1) is 0 Å². The van der Waals surface area contributed by atoms with Gasteiger partial charge in [0.25, 0.3) is 0 Å². The second kappa shape index (κ2) is 9.49. The van der Waals surface area contributed by atoms with Crippen LogP contribution in [0.15, 0.2) is 4.99 Å². The molecule has 1 aliphatic heterocycles. The summed E-state index contributed by atoms with van der Waals surface area (Å²) in [6, 6.07) is 0.